The number of aliphatic hydroxyl groups is 1. The van der Waals surface area contributed by atoms with Gasteiger partial charge in [0, 0.05) is 11.9 Å². The van der Waals surface area contributed by atoms with E-state index in [9.17, 15) is 9.90 Å². The molecule has 1 aliphatic carbocycles. The molecule has 0 spiro atoms. The van der Waals surface area contributed by atoms with Gasteiger partial charge < -0.3 is 10.4 Å². The number of carbonyl (C=O) groups excluding carboxylic acids is 1. The van der Waals surface area contributed by atoms with Crippen molar-refractivity contribution < 1.29 is 9.90 Å². The minimum atomic E-state index is -1.17. The highest BCUT2D eigenvalue weighted by molar-refractivity contribution is 5.82. The number of aliphatic hydroxyl groups excluding tert-OH is 1. The number of aromatic nitrogens is 2. The molecule has 1 aliphatic rings. The Labute approximate surface area is 129 Å². The Balaban J connectivity index is 1.75. The molecule has 1 aromatic carbocycles. The lowest BCUT2D eigenvalue weighted by Gasteiger charge is -2.19. The van der Waals surface area contributed by atoms with Crippen LogP contribution in [-0.2, 0) is 4.79 Å². The van der Waals surface area contributed by atoms with Gasteiger partial charge in [0.25, 0.3) is 5.91 Å². The molecule has 3 rings (SSSR count). The van der Waals surface area contributed by atoms with Crippen molar-refractivity contribution in [3.63, 3.8) is 0 Å². The van der Waals surface area contributed by atoms with Crippen LogP contribution in [0.1, 0.15) is 42.1 Å². The third-order valence-electron chi connectivity index (χ3n) is 3.85. The van der Waals surface area contributed by atoms with Gasteiger partial charge in [-0.2, -0.15) is 0 Å². The van der Waals surface area contributed by atoms with Crippen LogP contribution in [0.5, 0.6) is 0 Å². The number of hydrogen-bond donors (Lipinski definition) is 2. The molecule has 2 aromatic rings. The molecule has 22 heavy (non-hydrogen) atoms. The van der Waals surface area contributed by atoms with Crippen molar-refractivity contribution in [3.05, 3.63) is 59.7 Å². The molecule has 1 fully saturated rings. The monoisotopic (exact) mass is 297 g/mol. The molecule has 0 radical (unpaired) electrons. The van der Waals surface area contributed by atoms with Gasteiger partial charge >= 0.3 is 0 Å². The smallest absolute Gasteiger partial charge is 0.254 e. The molecular weight excluding hydrogens is 278 g/mol. The molecule has 0 aliphatic heterocycles. The summed E-state index contributed by atoms with van der Waals surface area (Å²) >= 11 is 0. The molecule has 2 atom stereocenters. The lowest BCUT2D eigenvalue weighted by Crippen LogP contribution is -2.35. The van der Waals surface area contributed by atoms with E-state index >= 15 is 0 Å². The number of carbonyl (C=O) groups is 1. The highest BCUT2D eigenvalue weighted by Crippen LogP contribution is 2.40. The number of amides is 1. The Morgan fingerprint density at radius 1 is 1.27 bits per heavy atom. The third kappa shape index (κ3) is 3.31. The molecule has 1 aromatic heterocycles. The van der Waals surface area contributed by atoms with Gasteiger partial charge in [-0.15, -0.1) is 0 Å². The van der Waals surface area contributed by atoms with Crippen LogP contribution in [0.25, 0.3) is 0 Å². The summed E-state index contributed by atoms with van der Waals surface area (Å²) < 4.78 is 0. The van der Waals surface area contributed by atoms with E-state index in [-0.39, 0.29) is 6.04 Å². The molecule has 114 valence electrons. The Morgan fingerprint density at radius 2 is 2.00 bits per heavy atom. The molecule has 1 heterocycles. The van der Waals surface area contributed by atoms with Crippen LogP contribution in [0.2, 0.25) is 0 Å². The summed E-state index contributed by atoms with van der Waals surface area (Å²) in [5.74, 6) is 0.568. The Morgan fingerprint density at radius 3 is 2.64 bits per heavy atom. The number of nitrogens with zero attached hydrogens (tertiary/aromatic N) is 2. The van der Waals surface area contributed by atoms with Crippen molar-refractivity contribution in [2.24, 2.45) is 5.92 Å². The number of aryl methyl sites for hydroxylation is 1. The zero-order valence-corrected chi connectivity index (χ0v) is 12.4. The van der Waals surface area contributed by atoms with Crippen molar-refractivity contribution in [1.82, 2.24) is 15.3 Å². The lowest BCUT2D eigenvalue weighted by atomic mass is 10.1. The topological polar surface area (TPSA) is 75.1 Å². The zero-order chi connectivity index (χ0) is 15.5. The predicted octanol–water partition coefficient (Wildman–Crippen LogP) is 2.09. The third-order valence-corrected chi connectivity index (χ3v) is 3.85. The van der Waals surface area contributed by atoms with Crippen molar-refractivity contribution in [2.45, 2.75) is 31.9 Å². The fraction of sp³-hybridized carbons (Fsp3) is 0.353. The number of rotatable bonds is 5. The van der Waals surface area contributed by atoms with Gasteiger partial charge in [0.15, 0.2) is 11.9 Å². The number of benzene rings is 1. The molecule has 0 saturated heterocycles. The number of nitrogens with one attached hydrogen (secondary N) is 1. The summed E-state index contributed by atoms with van der Waals surface area (Å²) in [6, 6.07) is 10.5. The van der Waals surface area contributed by atoms with Crippen LogP contribution < -0.4 is 5.32 Å². The van der Waals surface area contributed by atoms with E-state index in [0.717, 1.165) is 18.5 Å². The minimum absolute atomic E-state index is 0.231. The quantitative estimate of drug-likeness (QED) is 0.886. The fourth-order valence-electron chi connectivity index (χ4n) is 2.46. The zero-order valence-electron chi connectivity index (χ0n) is 12.4. The standard InChI is InChI=1S/C17H19N3O2/c1-11-9-10-18-16(19-11)14(12-7-8-12)20-17(22)15(21)13-5-3-2-4-6-13/h2-6,9-10,12,14-15,21H,7-8H2,1H3,(H,20,22). The minimum Gasteiger partial charge on any atom is -0.378 e. The van der Waals surface area contributed by atoms with Gasteiger partial charge in [-0.25, -0.2) is 9.97 Å². The first-order chi connectivity index (χ1) is 10.6. The molecule has 2 N–H and O–H groups in total. The maximum absolute atomic E-state index is 12.3. The molecule has 2 unspecified atom stereocenters. The molecule has 5 heteroatoms. The normalized spacial score (nSPS) is 16.8. The van der Waals surface area contributed by atoms with E-state index in [1.165, 1.54) is 0 Å². The first kappa shape index (κ1) is 14.7. The van der Waals surface area contributed by atoms with Gasteiger partial charge in [0.1, 0.15) is 0 Å². The second-order valence-electron chi connectivity index (χ2n) is 5.69. The summed E-state index contributed by atoms with van der Waals surface area (Å²) in [4.78, 5) is 21.0. The van der Waals surface area contributed by atoms with Crippen molar-refractivity contribution in [3.8, 4) is 0 Å². The fourth-order valence-corrected chi connectivity index (χ4v) is 2.46. The van der Waals surface area contributed by atoms with Crippen molar-refractivity contribution in [1.29, 1.82) is 0 Å². The van der Waals surface area contributed by atoms with E-state index < -0.39 is 12.0 Å². The molecule has 5 nitrogen and oxygen atoms in total. The van der Waals surface area contributed by atoms with Gasteiger partial charge in [-0.3, -0.25) is 4.79 Å². The summed E-state index contributed by atoms with van der Waals surface area (Å²) in [7, 11) is 0. The van der Waals surface area contributed by atoms with Crippen LogP contribution >= 0.6 is 0 Å². The second-order valence-corrected chi connectivity index (χ2v) is 5.69. The van der Waals surface area contributed by atoms with Gasteiger partial charge in [0.2, 0.25) is 0 Å². The predicted molar refractivity (Wildman–Crippen MR) is 81.8 cm³/mol. The largest absolute Gasteiger partial charge is 0.378 e. The van der Waals surface area contributed by atoms with Crippen LogP contribution in [0.4, 0.5) is 0 Å². The second kappa shape index (κ2) is 6.23. The average Bonchev–Trinajstić information content (AvgIpc) is 3.37. The van der Waals surface area contributed by atoms with Crippen LogP contribution in [0.15, 0.2) is 42.6 Å². The highest BCUT2D eigenvalue weighted by Gasteiger charge is 2.36. The maximum atomic E-state index is 12.3. The average molecular weight is 297 g/mol. The van der Waals surface area contributed by atoms with Crippen molar-refractivity contribution >= 4 is 5.91 Å². The van der Waals surface area contributed by atoms with E-state index in [1.807, 2.05) is 19.1 Å². The first-order valence-corrected chi connectivity index (χ1v) is 7.48. The lowest BCUT2D eigenvalue weighted by molar-refractivity contribution is -0.130. The van der Waals surface area contributed by atoms with Gasteiger partial charge in [0.05, 0.1) is 6.04 Å². The van der Waals surface area contributed by atoms with Gasteiger partial charge in [-0.05, 0) is 37.3 Å². The van der Waals surface area contributed by atoms with E-state index in [0.29, 0.717) is 17.3 Å². The number of hydrogen-bond acceptors (Lipinski definition) is 4. The summed E-state index contributed by atoms with van der Waals surface area (Å²) in [5, 5.41) is 13.1. The molecule has 1 saturated carbocycles. The summed E-state index contributed by atoms with van der Waals surface area (Å²) in [6.07, 6.45) is 2.62. The Bertz CT molecular complexity index is 656. The highest BCUT2D eigenvalue weighted by atomic mass is 16.3. The first-order valence-electron chi connectivity index (χ1n) is 7.48. The van der Waals surface area contributed by atoms with E-state index in [1.54, 1.807) is 30.5 Å². The van der Waals surface area contributed by atoms with E-state index in [4.69, 9.17) is 0 Å². The Hall–Kier alpha value is -2.27. The molecular formula is C17H19N3O2. The van der Waals surface area contributed by atoms with E-state index in [2.05, 4.69) is 15.3 Å². The van der Waals surface area contributed by atoms with Crippen LogP contribution in [-0.4, -0.2) is 21.0 Å². The van der Waals surface area contributed by atoms with Crippen molar-refractivity contribution in [2.75, 3.05) is 0 Å². The van der Waals surface area contributed by atoms with Crippen LogP contribution in [0.3, 0.4) is 0 Å². The summed E-state index contributed by atoms with van der Waals surface area (Å²) in [5.41, 5.74) is 1.45. The van der Waals surface area contributed by atoms with Gasteiger partial charge in [-0.1, -0.05) is 30.3 Å². The van der Waals surface area contributed by atoms with Crippen LogP contribution in [0, 0.1) is 12.8 Å². The maximum Gasteiger partial charge on any atom is 0.254 e. The Kier molecular flexibility index (Phi) is 4.15. The SMILES string of the molecule is Cc1ccnc(C(NC(=O)C(O)c2ccccc2)C2CC2)n1. The summed E-state index contributed by atoms with van der Waals surface area (Å²) in [6.45, 7) is 1.90. The molecule has 1 amide bonds. The molecule has 0 bridgehead atoms.